The molecule has 0 amide bonds. The summed E-state index contributed by atoms with van der Waals surface area (Å²) in [6.45, 7) is 3.11. The van der Waals surface area contributed by atoms with E-state index >= 15 is 0 Å². The first-order valence-corrected chi connectivity index (χ1v) is 4.88. The van der Waals surface area contributed by atoms with Gasteiger partial charge in [-0.05, 0) is 20.3 Å². The van der Waals surface area contributed by atoms with Gasteiger partial charge in [-0.15, -0.1) is 0 Å². The fourth-order valence-electron chi connectivity index (χ4n) is 0.800. The number of esters is 1. The summed E-state index contributed by atoms with van der Waals surface area (Å²) in [5.41, 5.74) is 15.2. The van der Waals surface area contributed by atoms with Gasteiger partial charge in [0.05, 0.1) is 6.17 Å². The van der Waals surface area contributed by atoms with E-state index in [1.54, 1.807) is 13.8 Å². The van der Waals surface area contributed by atoms with Crippen LogP contribution >= 0.6 is 0 Å². The molecule has 0 aromatic carbocycles. The largest absolute Gasteiger partial charge is 0.481 e. The standard InChI is InChI=1S/C9H19N3O4/c1-9(2,8(11)12)16-7(15)5(10)3-4-6(13)14/h5,8H,3-4,10-12H2,1-2H3,(H,13,14)/t5-/m0/s1. The van der Waals surface area contributed by atoms with Crippen molar-refractivity contribution in [3.05, 3.63) is 0 Å². The summed E-state index contributed by atoms with van der Waals surface area (Å²) in [5, 5.41) is 8.42. The number of carboxylic acids is 1. The van der Waals surface area contributed by atoms with Crippen molar-refractivity contribution in [1.29, 1.82) is 0 Å². The number of hydrogen-bond donors (Lipinski definition) is 4. The third-order valence-corrected chi connectivity index (χ3v) is 2.14. The lowest BCUT2D eigenvalue weighted by Crippen LogP contribution is -2.54. The summed E-state index contributed by atoms with van der Waals surface area (Å²) in [6, 6.07) is -0.978. The van der Waals surface area contributed by atoms with Crippen molar-refractivity contribution in [1.82, 2.24) is 0 Å². The maximum absolute atomic E-state index is 11.4. The van der Waals surface area contributed by atoms with Gasteiger partial charge in [0.25, 0.3) is 0 Å². The summed E-state index contributed by atoms with van der Waals surface area (Å²) < 4.78 is 4.99. The Balaban J connectivity index is 4.20. The van der Waals surface area contributed by atoms with Crippen molar-refractivity contribution < 1.29 is 19.4 Å². The van der Waals surface area contributed by atoms with Crippen LogP contribution in [0.4, 0.5) is 0 Å². The molecule has 0 saturated heterocycles. The Bertz CT molecular complexity index is 265. The van der Waals surface area contributed by atoms with E-state index in [9.17, 15) is 9.59 Å². The van der Waals surface area contributed by atoms with E-state index in [1.807, 2.05) is 0 Å². The monoisotopic (exact) mass is 233 g/mol. The number of carbonyl (C=O) groups is 2. The minimum atomic E-state index is -1.03. The molecule has 94 valence electrons. The minimum absolute atomic E-state index is 0.0179. The van der Waals surface area contributed by atoms with Crippen LogP contribution in [0.5, 0.6) is 0 Å². The molecular weight excluding hydrogens is 214 g/mol. The fraction of sp³-hybridized carbons (Fsp3) is 0.778. The molecular formula is C9H19N3O4. The highest BCUT2D eigenvalue weighted by Crippen LogP contribution is 2.12. The van der Waals surface area contributed by atoms with Crippen LogP contribution in [-0.4, -0.2) is 34.9 Å². The predicted molar refractivity (Wildman–Crippen MR) is 57.2 cm³/mol. The first kappa shape index (κ1) is 14.8. The Labute approximate surface area is 93.9 Å². The molecule has 0 spiro atoms. The second-order valence-corrected chi connectivity index (χ2v) is 4.09. The van der Waals surface area contributed by atoms with Crippen molar-refractivity contribution in [3.63, 3.8) is 0 Å². The Morgan fingerprint density at radius 3 is 2.19 bits per heavy atom. The minimum Gasteiger partial charge on any atom is -0.481 e. The lowest BCUT2D eigenvalue weighted by Gasteiger charge is -2.29. The second kappa shape index (κ2) is 5.78. The average Bonchev–Trinajstić information content (AvgIpc) is 2.12. The van der Waals surface area contributed by atoms with Crippen LogP contribution in [0.25, 0.3) is 0 Å². The number of hydrogen-bond acceptors (Lipinski definition) is 6. The molecule has 16 heavy (non-hydrogen) atoms. The molecule has 0 aliphatic rings. The van der Waals surface area contributed by atoms with Gasteiger partial charge in [0.2, 0.25) is 0 Å². The van der Waals surface area contributed by atoms with Crippen LogP contribution in [0.2, 0.25) is 0 Å². The number of carbonyl (C=O) groups excluding carboxylic acids is 1. The van der Waals surface area contributed by atoms with E-state index in [0.29, 0.717) is 0 Å². The number of carboxylic acid groups (broad SMARTS) is 1. The van der Waals surface area contributed by atoms with Gasteiger partial charge in [0, 0.05) is 6.42 Å². The summed E-state index contributed by atoms with van der Waals surface area (Å²) in [7, 11) is 0. The Morgan fingerprint density at radius 1 is 1.31 bits per heavy atom. The zero-order valence-corrected chi connectivity index (χ0v) is 9.47. The highest BCUT2D eigenvalue weighted by atomic mass is 16.6. The molecule has 0 bridgehead atoms. The van der Waals surface area contributed by atoms with Crippen LogP contribution in [0.15, 0.2) is 0 Å². The molecule has 0 unspecified atom stereocenters. The molecule has 0 saturated carbocycles. The lowest BCUT2D eigenvalue weighted by molar-refractivity contribution is -0.160. The number of nitrogens with two attached hydrogens (primary N) is 3. The van der Waals surface area contributed by atoms with Crippen LogP contribution in [-0.2, 0) is 14.3 Å². The van der Waals surface area contributed by atoms with Gasteiger partial charge >= 0.3 is 11.9 Å². The molecule has 0 rings (SSSR count). The first-order valence-electron chi connectivity index (χ1n) is 4.88. The van der Waals surface area contributed by atoms with Gasteiger partial charge in [-0.25, -0.2) is 0 Å². The molecule has 0 heterocycles. The molecule has 7 heteroatoms. The van der Waals surface area contributed by atoms with Gasteiger partial charge in [-0.2, -0.15) is 0 Å². The van der Waals surface area contributed by atoms with E-state index in [1.165, 1.54) is 0 Å². The molecule has 0 aliphatic carbocycles. The maximum Gasteiger partial charge on any atom is 0.323 e. The SMILES string of the molecule is CC(C)(OC(=O)[C@@H](N)CCC(=O)O)C(N)N. The number of aliphatic carboxylic acids is 1. The van der Waals surface area contributed by atoms with Gasteiger partial charge in [-0.1, -0.05) is 0 Å². The Kier molecular flexibility index (Phi) is 5.36. The van der Waals surface area contributed by atoms with Crippen LogP contribution in [0.1, 0.15) is 26.7 Å². The third kappa shape index (κ3) is 5.06. The third-order valence-electron chi connectivity index (χ3n) is 2.14. The normalized spacial score (nSPS) is 13.6. The van der Waals surface area contributed by atoms with E-state index in [-0.39, 0.29) is 12.8 Å². The van der Waals surface area contributed by atoms with Crippen molar-refractivity contribution in [2.24, 2.45) is 17.2 Å². The van der Waals surface area contributed by atoms with E-state index in [4.69, 9.17) is 27.0 Å². The molecule has 7 nitrogen and oxygen atoms in total. The number of rotatable bonds is 6. The maximum atomic E-state index is 11.4. The van der Waals surface area contributed by atoms with Crippen LogP contribution in [0, 0.1) is 0 Å². The van der Waals surface area contributed by atoms with Crippen molar-refractivity contribution in [2.45, 2.75) is 44.5 Å². The molecule has 0 fully saturated rings. The van der Waals surface area contributed by atoms with E-state index in [2.05, 4.69) is 0 Å². The summed E-state index contributed by atoms with van der Waals surface area (Å²) in [4.78, 5) is 21.7. The molecule has 0 radical (unpaired) electrons. The predicted octanol–water partition coefficient (Wildman–Crippen LogP) is -1.26. The zero-order valence-electron chi connectivity index (χ0n) is 9.47. The first-order chi connectivity index (χ1) is 7.16. The van der Waals surface area contributed by atoms with Gasteiger partial charge in [0.15, 0.2) is 0 Å². The van der Waals surface area contributed by atoms with Crippen molar-refractivity contribution in [2.75, 3.05) is 0 Å². The molecule has 0 aliphatic heterocycles. The zero-order chi connectivity index (χ0) is 12.9. The topological polar surface area (TPSA) is 142 Å². The van der Waals surface area contributed by atoms with Gasteiger partial charge in [-0.3, -0.25) is 9.59 Å². The van der Waals surface area contributed by atoms with E-state index < -0.39 is 29.7 Å². The van der Waals surface area contributed by atoms with Gasteiger partial charge < -0.3 is 27.0 Å². The highest BCUT2D eigenvalue weighted by molar-refractivity contribution is 5.77. The Hall–Kier alpha value is -1.18. The molecule has 0 aromatic rings. The van der Waals surface area contributed by atoms with Crippen molar-refractivity contribution >= 4 is 11.9 Å². The Morgan fingerprint density at radius 2 is 1.81 bits per heavy atom. The van der Waals surface area contributed by atoms with Gasteiger partial charge in [0.1, 0.15) is 11.6 Å². The van der Waals surface area contributed by atoms with Crippen LogP contribution in [0.3, 0.4) is 0 Å². The second-order valence-electron chi connectivity index (χ2n) is 4.09. The molecule has 0 aromatic heterocycles. The highest BCUT2D eigenvalue weighted by Gasteiger charge is 2.30. The average molecular weight is 233 g/mol. The summed E-state index contributed by atoms with van der Waals surface area (Å²) >= 11 is 0. The fourth-order valence-corrected chi connectivity index (χ4v) is 0.800. The summed E-state index contributed by atoms with van der Waals surface area (Å²) in [6.07, 6.45) is -1.00. The molecule has 7 N–H and O–H groups in total. The van der Waals surface area contributed by atoms with Crippen LogP contribution < -0.4 is 17.2 Å². The quantitative estimate of drug-likeness (QED) is 0.331. The van der Waals surface area contributed by atoms with E-state index in [0.717, 1.165) is 0 Å². The number of ether oxygens (including phenoxy) is 1. The molecule has 1 atom stereocenters. The summed E-state index contributed by atoms with van der Waals surface area (Å²) in [5.74, 6) is -1.72. The lowest BCUT2D eigenvalue weighted by atomic mass is 10.1. The smallest absolute Gasteiger partial charge is 0.323 e. The van der Waals surface area contributed by atoms with Crippen molar-refractivity contribution in [3.8, 4) is 0 Å².